The van der Waals surface area contributed by atoms with E-state index >= 15 is 0 Å². The smallest absolute Gasteiger partial charge is 0.335 e. The molecule has 1 atom stereocenters. The van der Waals surface area contributed by atoms with Gasteiger partial charge in [0.25, 0.3) is 5.91 Å². The number of aromatic nitrogens is 2. The number of rotatable bonds is 3. The Morgan fingerprint density at radius 2 is 1.61 bits per heavy atom. The zero-order valence-corrected chi connectivity index (χ0v) is 18.0. The first-order valence-electron chi connectivity index (χ1n) is 10.8. The van der Waals surface area contributed by atoms with Crippen LogP contribution in [0.25, 0.3) is 0 Å². The summed E-state index contributed by atoms with van der Waals surface area (Å²) >= 11 is 0. The number of carbonyl (C=O) groups excluding carboxylic acids is 1. The number of amides is 1. The molecule has 1 fully saturated rings. The van der Waals surface area contributed by atoms with Crippen LogP contribution in [0, 0.1) is 0 Å². The zero-order valence-electron chi connectivity index (χ0n) is 18.0. The van der Waals surface area contributed by atoms with Crippen LogP contribution < -0.4 is 0 Å². The molecule has 1 amide bonds. The van der Waals surface area contributed by atoms with Crippen LogP contribution in [-0.2, 0) is 25.3 Å². The molecule has 11 heteroatoms. The fourth-order valence-corrected chi connectivity index (χ4v) is 4.46. The van der Waals surface area contributed by atoms with Crippen LogP contribution in [0.15, 0.2) is 24.4 Å². The number of likely N-dealkylation sites (N-methyl/N-ethyl adjacent to an activating group) is 1. The quantitative estimate of drug-likeness (QED) is 0.619. The second-order valence-electron chi connectivity index (χ2n) is 8.50. The maximum Gasteiger partial charge on any atom is 0.416 e. The Hall–Kier alpha value is -2.56. The number of nitrogens with zero attached hydrogens (tertiary/aromatic N) is 4. The summed E-state index contributed by atoms with van der Waals surface area (Å²) in [6.07, 6.45) is -7.50. The van der Waals surface area contributed by atoms with E-state index in [2.05, 4.69) is 16.8 Å². The van der Waals surface area contributed by atoms with Crippen molar-refractivity contribution in [2.45, 2.75) is 44.6 Å². The summed E-state index contributed by atoms with van der Waals surface area (Å²) in [7, 11) is 0. The molecule has 0 aliphatic carbocycles. The summed E-state index contributed by atoms with van der Waals surface area (Å²) in [6, 6.07) is 1.73. The molecule has 0 saturated carbocycles. The maximum atomic E-state index is 13.2. The number of alkyl halides is 6. The number of hydrogen-bond donors (Lipinski definition) is 0. The molecule has 2 aliphatic heterocycles. The molecule has 3 heterocycles. The zero-order chi connectivity index (χ0) is 24.0. The van der Waals surface area contributed by atoms with Crippen molar-refractivity contribution in [1.82, 2.24) is 19.4 Å². The Bertz CT molecular complexity index is 989. The van der Waals surface area contributed by atoms with Gasteiger partial charge in [0.15, 0.2) is 0 Å². The van der Waals surface area contributed by atoms with Crippen molar-refractivity contribution in [2.24, 2.45) is 0 Å². The van der Waals surface area contributed by atoms with E-state index in [4.69, 9.17) is 0 Å². The number of aryl methyl sites for hydroxylation is 1. The second-order valence-corrected chi connectivity index (χ2v) is 8.50. The number of hydrogen-bond acceptors (Lipinski definition) is 3. The maximum absolute atomic E-state index is 13.2. The minimum Gasteiger partial charge on any atom is -0.335 e. The highest BCUT2D eigenvalue weighted by Gasteiger charge is 2.38. The normalized spacial score (nSPS) is 20.1. The van der Waals surface area contributed by atoms with Crippen molar-refractivity contribution in [1.29, 1.82) is 0 Å². The van der Waals surface area contributed by atoms with Gasteiger partial charge in [0.05, 0.1) is 11.1 Å². The third kappa shape index (κ3) is 5.02. The first-order chi connectivity index (χ1) is 15.5. The van der Waals surface area contributed by atoms with E-state index in [1.807, 2.05) is 0 Å². The van der Waals surface area contributed by atoms with E-state index in [9.17, 15) is 31.1 Å². The summed E-state index contributed by atoms with van der Waals surface area (Å²) in [5.74, 6) is -0.140. The lowest BCUT2D eigenvalue weighted by atomic mass is 9.89. The van der Waals surface area contributed by atoms with Crippen LogP contribution in [0.5, 0.6) is 0 Å². The number of piperazine rings is 1. The molecule has 5 nitrogen and oxygen atoms in total. The van der Waals surface area contributed by atoms with Crippen LogP contribution in [0.2, 0.25) is 0 Å². The summed E-state index contributed by atoms with van der Waals surface area (Å²) in [5.41, 5.74) is -2.38. The monoisotopic (exact) mass is 474 g/mol. The van der Waals surface area contributed by atoms with Crippen molar-refractivity contribution >= 4 is 5.91 Å². The number of benzene rings is 1. The Morgan fingerprint density at radius 3 is 2.15 bits per heavy atom. The molecule has 33 heavy (non-hydrogen) atoms. The fraction of sp³-hybridized carbons (Fsp3) is 0.545. The van der Waals surface area contributed by atoms with Crippen molar-refractivity contribution in [3.05, 3.63) is 52.6 Å². The fourth-order valence-electron chi connectivity index (χ4n) is 4.46. The van der Waals surface area contributed by atoms with Gasteiger partial charge in [0.1, 0.15) is 11.5 Å². The molecule has 1 aromatic carbocycles. The molecule has 0 radical (unpaired) electrons. The molecule has 0 bridgehead atoms. The summed E-state index contributed by atoms with van der Waals surface area (Å²) in [6.45, 7) is 5.85. The molecule has 2 aliphatic rings. The largest absolute Gasteiger partial charge is 0.416 e. The van der Waals surface area contributed by atoms with Gasteiger partial charge in [-0.25, -0.2) is 4.98 Å². The van der Waals surface area contributed by atoms with Crippen LogP contribution in [-0.4, -0.2) is 58.0 Å². The molecule has 1 unspecified atom stereocenters. The van der Waals surface area contributed by atoms with Crippen LogP contribution in [0.4, 0.5) is 26.3 Å². The number of carbonyl (C=O) groups is 1. The molecule has 0 N–H and O–H groups in total. The van der Waals surface area contributed by atoms with Gasteiger partial charge in [-0.2, -0.15) is 26.3 Å². The molecule has 180 valence electrons. The highest BCUT2D eigenvalue weighted by molar-refractivity contribution is 5.92. The Kier molecular flexibility index (Phi) is 6.19. The number of halogens is 6. The number of imidazole rings is 1. The van der Waals surface area contributed by atoms with Crippen molar-refractivity contribution < 1.29 is 31.1 Å². The van der Waals surface area contributed by atoms with Gasteiger partial charge >= 0.3 is 12.4 Å². The van der Waals surface area contributed by atoms with E-state index < -0.39 is 29.4 Å². The Labute approximate surface area is 187 Å². The average Bonchev–Trinajstić information content (AvgIpc) is 3.20. The molecular formula is C22H24F6N4O. The topological polar surface area (TPSA) is 41.4 Å². The summed E-state index contributed by atoms with van der Waals surface area (Å²) < 4.78 is 81.1. The van der Waals surface area contributed by atoms with E-state index in [1.165, 1.54) is 0 Å². The van der Waals surface area contributed by atoms with E-state index in [1.54, 1.807) is 15.7 Å². The minimum atomic E-state index is -4.88. The third-order valence-electron chi connectivity index (χ3n) is 6.40. The van der Waals surface area contributed by atoms with Gasteiger partial charge in [-0.1, -0.05) is 6.92 Å². The van der Waals surface area contributed by atoms with Crippen molar-refractivity contribution in [2.75, 3.05) is 32.7 Å². The first kappa shape index (κ1) is 23.6. The Morgan fingerprint density at radius 1 is 1.00 bits per heavy atom. The van der Waals surface area contributed by atoms with Crippen LogP contribution >= 0.6 is 0 Å². The Balaban J connectivity index is 1.55. The van der Waals surface area contributed by atoms with Crippen LogP contribution in [0.1, 0.15) is 52.3 Å². The van der Waals surface area contributed by atoms with Gasteiger partial charge in [0, 0.05) is 51.3 Å². The SMILES string of the molecule is CCN1CCN(C(=O)c2cn3c(n2)CCC(c2cc(C(F)(F)F)cc(C(F)(F)F)c2)C3)CC1. The lowest BCUT2D eigenvalue weighted by molar-refractivity contribution is -0.143. The van der Waals surface area contributed by atoms with Crippen LogP contribution in [0.3, 0.4) is 0 Å². The van der Waals surface area contributed by atoms with Gasteiger partial charge in [0.2, 0.25) is 0 Å². The van der Waals surface area contributed by atoms with E-state index in [0.717, 1.165) is 31.8 Å². The predicted octanol–water partition coefficient (Wildman–Crippen LogP) is 4.43. The minimum absolute atomic E-state index is 0.0138. The highest BCUT2D eigenvalue weighted by atomic mass is 19.4. The van der Waals surface area contributed by atoms with Crippen molar-refractivity contribution in [3.63, 3.8) is 0 Å². The van der Waals surface area contributed by atoms with Gasteiger partial charge < -0.3 is 14.4 Å². The molecular weight excluding hydrogens is 450 g/mol. The highest BCUT2D eigenvalue weighted by Crippen LogP contribution is 2.39. The number of fused-ring (bicyclic) bond motifs is 1. The van der Waals surface area contributed by atoms with E-state index in [-0.39, 0.29) is 29.8 Å². The van der Waals surface area contributed by atoms with Gasteiger partial charge in [-0.15, -0.1) is 0 Å². The second kappa shape index (κ2) is 8.66. The molecule has 4 rings (SSSR count). The molecule has 0 spiro atoms. The lowest BCUT2D eigenvalue weighted by Gasteiger charge is -2.33. The summed E-state index contributed by atoms with van der Waals surface area (Å²) in [5, 5.41) is 0. The first-order valence-corrected chi connectivity index (χ1v) is 10.8. The third-order valence-corrected chi connectivity index (χ3v) is 6.40. The molecule has 2 aromatic rings. The lowest BCUT2D eigenvalue weighted by Crippen LogP contribution is -2.48. The molecule has 1 saturated heterocycles. The molecule has 1 aromatic heterocycles. The van der Waals surface area contributed by atoms with Crippen molar-refractivity contribution in [3.8, 4) is 0 Å². The van der Waals surface area contributed by atoms with Gasteiger partial charge in [-0.3, -0.25) is 4.79 Å². The van der Waals surface area contributed by atoms with Gasteiger partial charge in [-0.05, 0) is 36.7 Å². The summed E-state index contributed by atoms with van der Waals surface area (Å²) in [4.78, 5) is 21.2. The van der Waals surface area contributed by atoms with E-state index in [0.29, 0.717) is 31.8 Å². The standard InChI is InChI=1S/C22H24F6N4O/c1-2-30-5-7-31(8-6-30)20(33)18-13-32-12-14(3-4-19(32)29-18)15-9-16(21(23,24)25)11-17(10-15)22(26,27)28/h9-11,13-14H,2-8,12H2,1H3. The predicted molar refractivity (Wildman–Crippen MR) is 108 cm³/mol. The average molecular weight is 474 g/mol.